The second-order valence-electron chi connectivity index (χ2n) is 7.59. The summed E-state index contributed by atoms with van der Waals surface area (Å²) in [6, 6.07) is -3.21. The van der Waals surface area contributed by atoms with Crippen LogP contribution in [0.1, 0.15) is 18.5 Å². The van der Waals surface area contributed by atoms with Crippen molar-refractivity contribution < 1.29 is 51.6 Å². The van der Waals surface area contributed by atoms with Crippen LogP contribution in [0.25, 0.3) is 0 Å². The fraction of sp³-hybridized carbons (Fsp3) is 0.438. The number of carbonyl (C=O) groups is 5. The van der Waals surface area contributed by atoms with E-state index in [1.807, 2.05) is 0 Å². The molecule has 1 saturated carbocycles. The van der Waals surface area contributed by atoms with Crippen LogP contribution in [0.15, 0.2) is 10.5 Å². The second-order valence-corrected chi connectivity index (χ2v) is 9.77. The SMILES string of the molecule is Nc1nc(/C(=N/OC2(C(=O)O)CC2)C(=O)N[C@@H]2C(=O)N(S(=O)(=O)O)[C@@H]2CN2C(=O)COC2=O)cs1. The van der Waals surface area contributed by atoms with Gasteiger partial charge >= 0.3 is 22.4 Å². The molecule has 0 bridgehead atoms. The molecule has 0 aromatic carbocycles. The normalized spacial score (nSPS) is 23.6. The fourth-order valence-corrected chi connectivity index (χ4v) is 4.71. The Morgan fingerprint density at radius 1 is 1.37 bits per heavy atom. The maximum absolute atomic E-state index is 13.0. The third-order valence-corrected chi connectivity index (χ3v) is 6.92. The van der Waals surface area contributed by atoms with Crippen LogP contribution in [-0.2, 0) is 39.1 Å². The molecule has 4 rings (SSSR count). The van der Waals surface area contributed by atoms with Crippen molar-refractivity contribution >= 4 is 62.3 Å². The zero-order valence-electron chi connectivity index (χ0n) is 17.3. The lowest BCUT2D eigenvalue weighted by atomic mass is 9.97. The Labute approximate surface area is 199 Å². The van der Waals surface area contributed by atoms with E-state index in [2.05, 4.69) is 20.2 Å². The van der Waals surface area contributed by atoms with Crippen LogP contribution in [0.5, 0.6) is 0 Å². The number of nitrogens with one attached hydrogen (secondary N) is 1. The third kappa shape index (κ3) is 4.47. The Bertz CT molecular complexity index is 1250. The first-order valence-electron chi connectivity index (χ1n) is 9.64. The maximum Gasteiger partial charge on any atom is 0.417 e. The summed E-state index contributed by atoms with van der Waals surface area (Å²) in [5, 5.41) is 16.4. The van der Waals surface area contributed by atoms with E-state index >= 15 is 0 Å². The minimum absolute atomic E-state index is 0.00537. The van der Waals surface area contributed by atoms with Gasteiger partial charge in [-0.25, -0.2) is 23.8 Å². The van der Waals surface area contributed by atoms with Crippen molar-refractivity contribution in [2.75, 3.05) is 18.9 Å². The number of aliphatic carboxylic acids is 1. The number of cyclic esters (lactones) is 1. The Balaban J connectivity index is 1.59. The van der Waals surface area contributed by atoms with E-state index in [0.717, 1.165) is 11.3 Å². The van der Waals surface area contributed by atoms with Crippen LogP contribution in [0.2, 0.25) is 0 Å². The van der Waals surface area contributed by atoms with Gasteiger partial charge in [0.15, 0.2) is 17.5 Å². The third-order valence-electron chi connectivity index (χ3n) is 5.30. The number of hydrogen-bond donors (Lipinski definition) is 4. The summed E-state index contributed by atoms with van der Waals surface area (Å²) < 4.78 is 37.2. The number of nitrogens with two attached hydrogens (primary N) is 1. The van der Waals surface area contributed by atoms with Crippen molar-refractivity contribution in [1.29, 1.82) is 0 Å². The first kappa shape index (κ1) is 24.3. The number of carbonyl (C=O) groups excluding carboxylic acids is 4. The monoisotopic (exact) mass is 532 g/mol. The molecule has 17 nitrogen and oxygen atoms in total. The summed E-state index contributed by atoms with van der Waals surface area (Å²) in [5.74, 6) is -4.54. The highest BCUT2D eigenvalue weighted by Crippen LogP contribution is 2.40. The van der Waals surface area contributed by atoms with Crippen molar-refractivity contribution in [1.82, 2.24) is 19.5 Å². The van der Waals surface area contributed by atoms with Gasteiger partial charge in [0, 0.05) is 18.2 Å². The number of imide groups is 1. The predicted octanol–water partition coefficient (Wildman–Crippen LogP) is -2.46. The number of anilines is 1. The number of thiazole rings is 1. The average Bonchev–Trinajstić information content (AvgIpc) is 3.35. The van der Waals surface area contributed by atoms with E-state index in [9.17, 15) is 42.0 Å². The summed E-state index contributed by atoms with van der Waals surface area (Å²) in [6.07, 6.45) is -0.842. The summed E-state index contributed by atoms with van der Waals surface area (Å²) in [5.41, 5.74) is 3.25. The van der Waals surface area contributed by atoms with Crippen LogP contribution in [0, 0.1) is 0 Å². The highest BCUT2D eigenvalue weighted by Gasteiger charge is 2.57. The van der Waals surface area contributed by atoms with Crippen LogP contribution >= 0.6 is 11.3 Å². The van der Waals surface area contributed by atoms with E-state index in [-0.39, 0.29) is 28.0 Å². The van der Waals surface area contributed by atoms with Crippen LogP contribution < -0.4 is 11.1 Å². The first-order chi connectivity index (χ1) is 16.3. The van der Waals surface area contributed by atoms with E-state index in [4.69, 9.17) is 10.6 Å². The molecule has 2 atom stereocenters. The molecule has 5 N–H and O–H groups in total. The van der Waals surface area contributed by atoms with Crippen LogP contribution in [-0.4, -0.2) is 98.6 Å². The predicted molar refractivity (Wildman–Crippen MR) is 111 cm³/mol. The van der Waals surface area contributed by atoms with Gasteiger partial charge in [0.05, 0.1) is 12.6 Å². The number of ether oxygens (including phenoxy) is 1. The zero-order chi connectivity index (χ0) is 25.7. The van der Waals surface area contributed by atoms with Gasteiger partial charge in [0.25, 0.3) is 17.7 Å². The summed E-state index contributed by atoms with van der Waals surface area (Å²) in [6.45, 7) is -1.32. The topological polar surface area (TPSA) is 248 Å². The largest absolute Gasteiger partial charge is 0.478 e. The zero-order valence-corrected chi connectivity index (χ0v) is 18.9. The lowest BCUT2D eigenvalue weighted by Crippen LogP contribution is -2.74. The van der Waals surface area contributed by atoms with E-state index < -0.39 is 76.6 Å². The van der Waals surface area contributed by atoms with Crippen LogP contribution in [0.3, 0.4) is 0 Å². The second kappa shape index (κ2) is 8.43. The molecule has 0 spiro atoms. The highest BCUT2D eigenvalue weighted by atomic mass is 32.2. The highest BCUT2D eigenvalue weighted by molar-refractivity contribution is 7.84. The van der Waals surface area contributed by atoms with Gasteiger partial charge in [-0.2, -0.15) is 8.42 Å². The Morgan fingerprint density at radius 2 is 2.06 bits per heavy atom. The van der Waals surface area contributed by atoms with E-state index in [1.54, 1.807) is 0 Å². The molecule has 2 aliphatic heterocycles. The van der Waals surface area contributed by atoms with Crippen molar-refractivity contribution in [3.8, 4) is 0 Å². The maximum atomic E-state index is 13.0. The summed E-state index contributed by atoms with van der Waals surface area (Å²) in [4.78, 5) is 69.8. The lowest BCUT2D eigenvalue weighted by molar-refractivity contribution is -0.153. The molecule has 4 amide bonds. The molecule has 188 valence electrons. The fourth-order valence-electron chi connectivity index (χ4n) is 3.29. The average molecular weight is 532 g/mol. The first-order valence-corrected chi connectivity index (χ1v) is 11.9. The number of rotatable bonds is 9. The molecule has 3 aliphatic rings. The molecular formula is C16H16N6O11S2. The molecular weight excluding hydrogens is 516 g/mol. The standard InChI is InChI=1S/C16H16N6O11S2/c17-14-18-6(5-34-14)9(20-33-16(1-2-16)13(26)27)11(24)19-10-7(22(12(10)25)35(29,30)31)3-21-8(23)4-32-15(21)28/h5,7,10H,1-4H2,(H2,17,18)(H,19,24)(H,26,27)(H,29,30,31)/b20-9-/t7-,10+/m1/s1. The number of carboxylic acids is 1. The quantitative estimate of drug-likeness (QED) is 0.112. The van der Waals surface area contributed by atoms with Gasteiger partial charge in [-0.1, -0.05) is 5.16 Å². The summed E-state index contributed by atoms with van der Waals surface area (Å²) in [7, 11) is -5.11. The number of hydrogen-bond acceptors (Lipinski definition) is 13. The molecule has 2 saturated heterocycles. The van der Waals surface area contributed by atoms with Crippen LogP contribution in [0.4, 0.5) is 9.93 Å². The Morgan fingerprint density at radius 3 is 2.54 bits per heavy atom. The molecule has 19 heteroatoms. The number of nitrogen functional groups attached to an aromatic ring is 1. The Hall–Kier alpha value is -3.84. The van der Waals surface area contributed by atoms with Gasteiger partial charge in [-0.15, -0.1) is 11.3 Å². The molecule has 35 heavy (non-hydrogen) atoms. The van der Waals surface area contributed by atoms with E-state index in [1.165, 1.54) is 5.38 Å². The minimum atomic E-state index is -5.11. The molecule has 3 fully saturated rings. The lowest BCUT2D eigenvalue weighted by Gasteiger charge is -2.44. The number of nitrogens with zero attached hydrogens (tertiary/aromatic N) is 4. The van der Waals surface area contributed by atoms with Crippen molar-refractivity contribution in [2.24, 2.45) is 5.16 Å². The smallest absolute Gasteiger partial charge is 0.417 e. The number of aromatic nitrogens is 1. The molecule has 1 aromatic rings. The van der Waals surface area contributed by atoms with Crippen molar-refractivity contribution in [2.45, 2.75) is 30.5 Å². The van der Waals surface area contributed by atoms with Gasteiger partial charge in [0.2, 0.25) is 5.60 Å². The molecule has 1 aliphatic carbocycles. The minimum Gasteiger partial charge on any atom is -0.478 e. The summed E-state index contributed by atoms with van der Waals surface area (Å²) >= 11 is 0.922. The number of carboxylic acid groups (broad SMARTS) is 1. The number of β-lactam (4-membered cyclic amide) rings is 1. The van der Waals surface area contributed by atoms with Crippen molar-refractivity contribution in [3.05, 3.63) is 11.1 Å². The molecule has 0 radical (unpaired) electrons. The van der Waals surface area contributed by atoms with Gasteiger partial charge in [-0.3, -0.25) is 18.9 Å². The molecule has 0 unspecified atom stereocenters. The van der Waals surface area contributed by atoms with Gasteiger partial charge < -0.3 is 25.7 Å². The van der Waals surface area contributed by atoms with Gasteiger partial charge in [-0.05, 0) is 0 Å². The molecule has 1 aromatic heterocycles. The van der Waals surface area contributed by atoms with Crippen molar-refractivity contribution in [3.63, 3.8) is 0 Å². The number of amides is 4. The van der Waals surface area contributed by atoms with E-state index in [0.29, 0.717) is 4.90 Å². The molecule has 3 heterocycles. The Kier molecular flexibility index (Phi) is 5.85. The van der Waals surface area contributed by atoms with Gasteiger partial charge in [0.1, 0.15) is 11.7 Å². The number of oxime groups is 1.